The molecule has 2 aromatic heterocycles. The summed E-state index contributed by atoms with van der Waals surface area (Å²) < 4.78 is 11.7. The highest BCUT2D eigenvalue weighted by molar-refractivity contribution is 7.80. The Morgan fingerprint density at radius 2 is 1.80 bits per heavy atom. The average molecular weight is 591 g/mol. The number of carbonyl (C=O) groups is 1. The van der Waals surface area contributed by atoms with Gasteiger partial charge in [0.25, 0.3) is 0 Å². The van der Waals surface area contributed by atoms with Crippen LogP contribution in [-0.4, -0.2) is 16.0 Å². The Hall–Kier alpha value is -3.91. The first-order chi connectivity index (χ1) is 19.2. The van der Waals surface area contributed by atoms with Crippen LogP contribution in [0.5, 0.6) is 0 Å². The summed E-state index contributed by atoms with van der Waals surface area (Å²) in [5.41, 5.74) is 5.41. The van der Waals surface area contributed by atoms with Gasteiger partial charge in [-0.1, -0.05) is 55.2 Å². The smallest absolute Gasteiger partial charge is 0.250 e. The van der Waals surface area contributed by atoms with Gasteiger partial charge in [0.1, 0.15) is 17.0 Å². The fourth-order valence-corrected chi connectivity index (χ4v) is 4.68. The summed E-state index contributed by atoms with van der Waals surface area (Å²) >= 11 is 17.5. The lowest BCUT2D eigenvalue weighted by molar-refractivity contribution is -0.115. The van der Waals surface area contributed by atoms with Gasteiger partial charge in [-0.25, -0.2) is 4.98 Å². The van der Waals surface area contributed by atoms with Gasteiger partial charge in [-0.2, -0.15) is 0 Å². The second-order valence-electron chi connectivity index (χ2n) is 9.43. The molecule has 2 heterocycles. The van der Waals surface area contributed by atoms with Gasteiger partial charge in [0.05, 0.1) is 5.02 Å². The third-order valence-electron chi connectivity index (χ3n) is 6.19. The molecule has 0 unspecified atom stereocenters. The second kappa shape index (κ2) is 12.1. The van der Waals surface area contributed by atoms with E-state index in [-0.39, 0.29) is 11.0 Å². The van der Waals surface area contributed by atoms with Crippen molar-refractivity contribution in [1.29, 1.82) is 0 Å². The van der Waals surface area contributed by atoms with E-state index >= 15 is 0 Å². The van der Waals surface area contributed by atoms with E-state index in [0.717, 1.165) is 22.2 Å². The highest BCUT2D eigenvalue weighted by atomic mass is 35.5. The minimum absolute atomic E-state index is 0.215. The molecule has 0 atom stereocenters. The Morgan fingerprint density at radius 3 is 2.55 bits per heavy atom. The molecule has 3 aromatic carbocycles. The number of oxazole rings is 1. The lowest BCUT2D eigenvalue weighted by atomic mass is 10.0. The van der Waals surface area contributed by atoms with Crippen LogP contribution in [0.15, 0.2) is 87.7 Å². The van der Waals surface area contributed by atoms with Gasteiger partial charge in [0.2, 0.25) is 11.8 Å². The highest BCUT2D eigenvalue weighted by Gasteiger charge is 2.11. The molecular formula is C31H25Cl2N3O3S. The number of nitrogens with zero attached hydrogens (tertiary/aromatic N) is 1. The third-order valence-corrected chi connectivity index (χ3v) is 6.99. The Labute approximate surface area is 247 Å². The molecule has 5 rings (SSSR count). The van der Waals surface area contributed by atoms with Crippen LogP contribution in [0.4, 0.5) is 0 Å². The molecule has 6 nitrogen and oxygen atoms in total. The zero-order chi connectivity index (χ0) is 28.2. The molecule has 40 heavy (non-hydrogen) atoms. The molecule has 0 radical (unpaired) electrons. The van der Waals surface area contributed by atoms with Crippen molar-refractivity contribution in [2.24, 2.45) is 0 Å². The average Bonchev–Trinajstić information content (AvgIpc) is 3.58. The molecule has 0 spiro atoms. The maximum atomic E-state index is 12.3. The number of furan rings is 1. The summed E-state index contributed by atoms with van der Waals surface area (Å²) in [5.74, 6) is 1.68. The molecule has 202 valence electrons. The van der Waals surface area contributed by atoms with E-state index < -0.39 is 0 Å². The van der Waals surface area contributed by atoms with Crippen LogP contribution in [0.25, 0.3) is 40.0 Å². The monoisotopic (exact) mass is 589 g/mol. The molecule has 0 saturated carbocycles. The Morgan fingerprint density at radius 1 is 1.00 bits per heavy atom. The number of nitrogens with one attached hydrogen (secondary N) is 2. The van der Waals surface area contributed by atoms with Gasteiger partial charge in [-0.05, 0) is 89.9 Å². The standard InChI is InChI=1S/C31H25Cl2N3O3S/c1-18(2)21-7-12-28-26(15-21)35-30(39-28)20-5-3-19(4-6-20)17-34-31(40)36-29(37)14-10-23-9-13-27(38-23)24-11-8-22(32)16-25(24)33/h3-16,18H,17H2,1-2H3,(H2,34,36,37,40)/b14-10+. The van der Waals surface area contributed by atoms with E-state index in [2.05, 4.69) is 41.6 Å². The summed E-state index contributed by atoms with van der Waals surface area (Å²) in [4.78, 5) is 17.0. The van der Waals surface area contributed by atoms with Crippen LogP contribution in [-0.2, 0) is 11.3 Å². The van der Waals surface area contributed by atoms with Crippen molar-refractivity contribution in [1.82, 2.24) is 15.6 Å². The summed E-state index contributed by atoms with van der Waals surface area (Å²) in [6.07, 6.45) is 2.90. The first kappa shape index (κ1) is 27.6. The van der Waals surface area contributed by atoms with E-state index in [1.807, 2.05) is 30.3 Å². The quantitative estimate of drug-likeness (QED) is 0.146. The number of hydrogen-bond donors (Lipinski definition) is 2. The third kappa shape index (κ3) is 6.62. The van der Waals surface area contributed by atoms with Crippen molar-refractivity contribution in [3.8, 4) is 22.8 Å². The van der Waals surface area contributed by atoms with E-state index in [0.29, 0.717) is 45.5 Å². The van der Waals surface area contributed by atoms with Crippen LogP contribution in [0.2, 0.25) is 10.0 Å². The number of thiocarbonyl (C=S) groups is 1. The van der Waals surface area contributed by atoms with E-state index in [4.69, 9.17) is 44.3 Å². The minimum atomic E-state index is -0.382. The molecule has 0 saturated heterocycles. The topological polar surface area (TPSA) is 80.3 Å². The number of fused-ring (bicyclic) bond motifs is 1. The summed E-state index contributed by atoms with van der Waals surface area (Å²) in [7, 11) is 0. The Balaban J connectivity index is 1.13. The number of benzene rings is 3. The molecule has 5 aromatic rings. The maximum absolute atomic E-state index is 12.3. The van der Waals surface area contributed by atoms with Crippen LogP contribution in [0.3, 0.4) is 0 Å². The molecule has 0 aliphatic rings. The van der Waals surface area contributed by atoms with Crippen molar-refractivity contribution in [2.75, 3.05) is 0 Å². The predicted molar refractivity (Wildman–Crippen MR) is 164 cm³/mol. The molecule has 0 bridgehead atoms. The van der Waals surface area contributed by atoms with E-state index in [1.165, 1.54) is 11.6 Å². The summed E-state index contributed by atoms with van der Waals surface area (Å²) in [5, 5.41) is 6.90. The number of amides is 1. The van der Waals surface area contributed by atoms with E-state index in [1.54, 1.807) is 36.4 Å². The largest absolute Gasteiger partial charge is 0.457 e. The molecule has 0 aliphatic carbocycles. The molecule has 2 N–H and O–H groups in total. The second-order valence-corrected chi connectivity index (χ2v) is 10.7. The summed E-state index contributed by atoms with van der Waals surface area (Å²) in [6, 6.07) is 22.6. The highest BCUT2D eigenvalue weighted by Crippen LogP contribution is 2.32. The zero-order valence-corrected chi connectivity index (χ0v) is 24.0. The van der Waals surface area contributed by atoms with Crippen LogP contribution in [0.1, 0.15) is 36.7 Å². The minimum Gasteiger partial charge on any atom is -0.457 e. The lowest BCUT2D eigenvalue weighted by Crippen LogP contribution is -2.37. The molecular weight excluding hydrogens is 565 g/mol. The first-order valence-electron chi connectivity index (χ1n) is 12.6. The van der Waals surface area contributed by atoms with Crippen molar-refractivity contribution < 1.29 is 13.6 Å². The van der Waals surface area contributed by atoms with Gasteiger partial charge in [0.15, 0.2) is 10.7 Å². The lowest BCUT2D eigenvalue weighted by Gasteiger charge is -2.08. The van der Waals surface area contributed by atoms with E-state index in [9.17, 15) is 4.79 Å². The Kier molecular flexibility index (Phi) is 8.35. The van der Waals surface area contributed by atoms with Crippen molar-refractivity contribution >= 4 is 63.6 Å². The normalized spacial score (nSPS) is 11.4. The van der Waals surface area contributed by atoms with Crippen LogP contribution >= 0.6 is 35.4 Å². The van der Waals surface area contributed by atoms with Gasteiger partial charge in [-0.15, -0.1) is 0 Å². The van der Waals surface area contributed by atoms with Gasteiger partial charge >= 0.3 is 0 Å². The molecule has 0 aliphatic heterocycles. The Bertz CT molecular complexity index is 1720. The first-order valence-corrected chi connectivity index (χ1v) is 13.7. The SMILES string of the molecule is CC(C)c1ccc2oc(-c3ccc(CNC(=S)NC(=O)/C=C/c4ccc(-c5ccc(Cl)cc5Cl)o4)cc3)nc2c1. The summed E-state index contributed by atoms with van der Waals surface area (Å²) in [6.45, 7) is 4.75. The fourth-order valence-electron chi connectivity index (χ4n) is 4.01. The molecule has 9 heteroatoms. The predicted octanol–water partition coefficient (Wildman–Crippen LogP) is 8.39. The van der Waals surface area contributed by atoms with Crippen molar-refractivity contribution in [3.63, 3.8) is 0 Å². The van der Waals surface area contributed by atoms with Crippen LogP contribution in [0, 0.1) is 0 Å². The molecule has 1 amide bonds. The number of carbonyl (C=O) groups excluding carboxylic acids is 1. The van der Waals surface area contributed by atoms with Crippen LogP contribution < -0.4 is 10.6 Å². The van der Waals surface area contributed by atoms with Crippen molar-refractivity contribution in [2.45, 2.75) is 26.3 Å². The fraction of sp³-hybridized carbons (Fsp3) is 0.129. The number of halogens is 2. The maximum Gasteiger partial charge on any atom is 0.250 e. The number of rotatable bonds is 7. The zero-order valence-electron chi connectivity index (χ0n) is 21.7. The van der Waals surface area contributed by atoms with Gasteiger partial charge in [0, 0.05) is 28.8 Å². The molecule has 0 fully saturated rings. The van der Waals surface area contributed by atoms with Crippen molar-refractivity contribution in [3.05, 3.63) is 106 Å². The van der Waals surface area contributed by atoms with Gasteiger partial charge < -0.3 is 14.2 Å². The number of hydrogen-bond acceptors (Lipinski definition) is 5. The number of aromatic nitrogens is 1. The van der Waals surface area contributed by atoms with Gasteiger partial charge in [-0.3, -0.25) is 10.1 Å².